The molecular formula is C18H24Cl2N4O. The molecule has 2 heterocycles. The third-order valence-electron chi connectivity index (χ3n) is 4.83. The van der Waals surface area contributed by atoms with Gasteiger partial charge in [0, 0.05) is 19.1 Å². The second-order valence-electron chi connectivity index (χ2n) is 6.52. The third kappa shape index (κ3) is 3.84. The van der Waals surface area contributed by atoms with Crippen LogP contribution in [0.15, 0.2) is 30.5 Å². The number of halogens is 2. The van der Waals surface area contributed by atoms with Gasteiger partial charge in [-0.1, -0.05) is 30.7 Å². The number of amides is 1. The molecule has 0 bridgehead atoms. The van der Waals surface area contributed by atoms with Crippen LogP contribution in [0.1, 0.15) is 35.8 Å². The number of rotatable bonds is 3. The number of likely N-dealkylation sites (tertiary alicyclic amines) is 1. The standard InChI is InChI=1S/C18H23ClN4O.ClH/c1-12-7-8-22(14(9-12)10-20)18(24)15-11-21-23(13(15)2)17-6-4-3-5-16(17)19;/h3-6,11-12,14H,7-10,20H2,1-2H3;1H. The maximum atomic E-state index is 13.0. The summed E-state index contributed by atoms with van der Waals surface area (Å²) in [5.74, 6) is 0.614. The van der Waals surface area contributed by atoms with Crippen LogP contribution in [-0.2, 0) is 0 Å². The molecule has 1 aromatic carbocycles. The molecule has 25 heavy (non-hydrogen) atoms. The van der Waals surface area contributed by atoms with Crippen molar-refractivity contribution in [1.82, 2.24) is 14.7 Å². The summed E-state index contributed by atoms with van der Waals surface area (Å²) in [6.07, 6.45) is 3.60. The van der Waals surface area contributed by atoms with Crippen molar-refractivity contribution in [2.45, 2.75) is 32.7 Å². The van der Waals surface area contributed by atoms with E-state index in [9.17, 15) is 4.79 Å². The first-order chi connectivity index (χ1) is 11.5. The number of piperidine rings is 1. The van der Waals surface area contributed by atoms with Gasteiger partial charge in [0.25, 0.3) is 5.91 Å². The predicted octanol–water partition coefficient (Wildman–Crippen LogP) is 3.46. The Bertz CT molecular complexity index is 746. The van der Waals surface area contributed by atoms with Crippen molar-refractivity contribution >= 4 is 29.9 Å². The van der Waals surface area contributed by atoms with Crippen molar-refractivity contribution in [3.8, 4) is 5.69 Å². The number of nitrogens with zero attached hydrogens (tertiary/aromatic N) is 3. The zero-order valence-electron chi connectivity index (χ0n) is 14.5. The lowest BCUT2D eigenvalue weighted by Crippen LogP contribution is -2.49. The molecule has 2 N–H and O–H groups in total. The molecule has 1 fully saturated rings. The van der Waals surface area contributed by atoms with Crippen molar-refractivity contribution in [3.63, 3.8) is 0 Å². The zero-order valence-corrected chi connectivity index (χ0v) is 16.1. The summed E-state index contributed by atoms with van der Waals surface area (Å²) < 4.78 is 1.72. The number of carbonyl (C=O) groups is 1. The lowest BCUT2D eigenvalue weighted by Gasteiger charge is -2.38. The van der Waals surface area contributed by atoms with Gasteiger partial charge in [-0.15, -0.1) is 12.4 Å². The molecule has 1 aliphatic rings. The van der Waals surface area contributed by atoms with Crippen LogP contribution in [0.2, 0.25) is 5.02 Å². The molecule has 2 atom stereocenters. The smallest absolute Gasteiger partial charge is 0.257 e. The number of hydrogen-bond acceptors (Lipinski definition) is 3. The Hall–Kier alpha value is -1.56. The van der Waals surface area contributed by atoms with Crippen molar-refractivity contribution < 1.29 is 4.79 Å². The van der Waals surface area contributed by atoms with Gasteiger partial charge in [-0.25, -0.2) is 4.68 Å². The first kappa shape index (κ1) is 19.8. The minimum absolute atomic E-state index is 0. The van der Waals surface area contributed by atoms with Crippen molar-refractivity contribution in [2.24, 2.45) is 11.7 Å². The maximum absolute atomic E-state index is 13.0. The fourth-order valence-electron chi connectivity index (χ4n) is 3.38. The molecule has 1 aromatic heterocycles. The van der Waals surface area contributed by atoms with Crippen molar-refractivity contribution in [1.29, 1.82) is 0 Å². The Morgan fingerprint density at radius 1 is 1.40 bits per heavy atom. The van der Waals surface area contributed by atoms with Gasteiger partial charge >= 0.3 is 0 Å². The average molecular weight is 383 g/mol. The van der Waals surface area contributed by atoms with Crippen molar-refractivity contribution in [3.05, 3.63) is 46.7 Å². The molecule has 136 valence electrons. The number of hydrogen-bond donors (Lipinski definition) is 1. The SMILES string of the molecule is Cc1c(C(=O)N2CCC(C)CC2CN)cnn1-c1ccccc1Cl.Cl. The topological polar surface area (TPSA) is 64.2 Å². The van der Waals surface area contributed by atoms with Crippen LogP contribution in [0.25, 0.3) is 5.69 Å². The summed E-state index contributed by atoms with van der Waals surface area (Å²) in [5, 5.41) is 4.99. The molecule has 1 saturated heterocycles. The van der Waals surface area contributed by atoms with Crippen LogP contribution in [0.3, 0.4) is 0 Å². The first-order valence-corrected chi connectivity index (χ1v) is 8.71. The molecule has 0 spiro atoms. The quantitative estimate of drug-likeness (QED) is 0.883. The largest absolute Gasteiger partial charge is 0.334 e. The summed E-state index contributed by atoms with van der Waals surface area (Å²) in [6.45, 7) is 5.35. The van der Waals surface area contributed by atoms with Crippen LogP contribution in [-0.4, -0.2) is 39.7 Å². The number of para-hydroxylation sites is 1. The Balaban J connectivity index is 0.00000225. The average Bonchev–Trinajstić information content (AvgIpc) is 2.96. The van der Waals surface area contributed by atoms with E-state index >= 15 is 0 Å². The van der Waals surface area contributed by atoms with Gasteiger partial charge in [-0.3, -0.25) is 4.79 Å². The van der Waals surface area contributed by atoms with Gasteiger partial charge in [-0.05, 0) is 37.8 Å². The highest BCUT2D eigenvalue weighted by Gasteiger charge is 2.31. The van der Waals surface area contributed by atoms with Gasteiger partial charge in [0.15, 0.2) is 0 Å². The minimum atomic E-state index is 0. The third-order valence-corrected chi connectivity index (χ3v) is 5.15. The summed E-state index contributed by atoms with van der Waals surface area (Å²) in [4.78, 5) is 14.9. The molecule has 0 aliphatic carbocycles. The van der Waals surface area contributed by atoms with E-state index in [1.807, 2.05) is 36.1 Å². The molecule has 2 aromatic rings. The van der Waals surface area contributed by atoms with E-state index in [0.29, 0.717) is 23.0 Å². The second-order valence-corrected chi connectivity index (χ2v) is 6.93. The van der Waals surface area contributed by atoms with E-state index in [1.54, 1.807) is 10.9 Å². The monoisotopic (exact) mass is 382 g/mol. The lowest BCUT2D eigenvalue weighted by atomic mass is 9.92. The maximum Gasteiger partial charge on any atom is 0.257 e. The molecule has 0 radical (unpaired) electrons. The highest BCUT2D eigenvalue weighted by molar-refractivity contribution is 6.32. The molecule has 7 heteroatoms. The van der Waals surface area contributed by atoms with Crippen LogP contribution in [0.4, 0.5) is 0 Å². The normalized spacial score (nSPS) is 20.2. The number of aromatic nitrogens is 2. The Labute approximate surface area is 159 Å². The molecule has 1 aliphatic heterocycles. The van der Waals surface area contributed by atoms with Gasteiger partial charge in [0.05, 0.1) is 28.2 Å². The molecule has 0 saturated carbocycles. The number of nitrogens with two attached hydrogens (primary N) is 1. The first-order valence-electron chi connectivity index (χ1n) is 8.33. The molecule has 5 nitrogen and oxygen atoms in total. The van der Waals surface area contributed by atoms with E-state index in [0.717, 1.165) is 30.8 Å². The molecule has 2 unspecified atom stereocenters. The second kappa shape index (κ2) is 8.21. The Kier molecular flexibility index (Phi) is 6.49. The van der Waals surface area contributed by atoms with Crippen LogP contribution in [0.5, 0.6) is 0 Å². The zero-order chi connectivity index (χ0) is 17.3. The van der Waals surface area contributed by atoms with E-state index in [-0.39, 0.29) is 24.4 Å². The molecule has 1 amide bonds. The van der Waals surface area contributed by atoms with E-state index < -0.39 is 0 Å². The van der Waals surface area contributed by atoms with Crippen LogP contribution < -0.4 is 5.73 Å². The van der Waals surface area contributed by atoms with Gasteiger partial charge < -0.3 is 10.6 Å². The fourth-order valence-corrected chi connectivity index (χ4v) is 3.60. The minimum Gasteiger partial charge on any atom is -0.334 e. The summed E-state index contributed by atoms with van der Waals surface area (Å²) in [5.41, 5.74) is 8.08. The molecule has 3 rings (SSSR count). The fraction of sp³-hybridized carbons (Fsp3) is 0.444. The van der Waals surface area contributed by atoms with Crippen LogP contribution >= 0.6 is 24.0 Å². The van der Waals surface area contributed by atoms with Crippen molar-refractivity contribution in [2.75, 3.05) is 13.1 Å². The van der Waals surface area contributed by atoms with Gasteiger partial charge in [-0.2, -0.15) is 5.10 Å². The van der Waals surface area contributed by atoms with E-state index in [2.05, 4.69) is 12.0 Å². The predicted molar refractivity (Wildman–Crippen MR) is 103 cm³/mol. The highest BCUT2D eigenvalue weighted by Crippen LogP contribution is 2.26. The summed E-state index contributed by atoms with van der Waals surface area (Å²) in [6, 6.07) is 7.58. The lowest BCUT2D eigenvalue weighted by molar-refractivity contribution is 0.0573. The van der Waals surface area contributed by atoms with Crippen LogP contribution in [0, 0.1) is 12.8 Å². The number of benzene rings is 1. The highest BCUT2D eigenvalue weighted by atomic mass is 35.5. The van der Waals surface area contributed by atoms with Gasteiger partial charge in [0.1, 0.15) is 0 Å². The van der Waals surface area contributed by atoms with E-state index in [4.69, 9.17) is 17.3 Å². The summed E-state index contributed by atoms with van der Waals surface area (Å²) in [7, 11) is 0. The Morgan fingerprint density at radius 2 is 2.12 bits per heavy atom. The van der Waals surface area contributed by atoms with Gasteiger partial charge in [0.2, 0.25) is 0 Å². The molecular weight excluding hydrogens is 359 g/mol. The number of carbonyl (C=O) groups excluding carboxylic acids is 1. The van der Waals surface area contributed by atoms with E-state index in [1.165, 1.54) is 0 Å². The Morgan fingerprint density at radius 3 is 2.80 bits per heavy atom. The summed E-state index contributed by atoms with van der Waals surface area (Å²) >= 11 is 6.26.